The van der Waals surface area contributed by atoms with Gasteiger partial charge in [-0.25, -0.2) is 0 Å². The Morgan fingerprint density at radius 1 is 0.889 bits per heavy atom. The van der Waals surface area contributed by atoms with Gasteiger partial charge in [-0.15, -0.1) is 0 Å². The van der Waals surface area contributed by atoms with E-state index in [2.05, 4.69) is 15.5 Å². The van der Waals surface area contributed by atoms with Crippen LogP contribution in [0.1, 0.15) is 11.1 Å². The van der Waals surface area contributed by atoms with Crippen molar-refractivity contribution in [1.29, 1.82) is 0 Å². The average molecular weight is 367 g/mol. The van der Waals surface area contributed by atoms with Gasteiger partial charge in [-0.1, -0.05) is 0 Å². The summed E-state index contributed by atoms with van der Waals surface area (Å²) in [7, 11) is 6.54. The second-order valence-electron chi connectivity index (χ2n) is 6.16. The number of fused-ring (bicyclic) bond motifs is 3. The van der Waals surface area contributed by atoms with E-state index < -0.39 is 0 Å². The van der Waals surface area contributed by atoms with Crippen LogP contribution >= 0.6 is 0 Å². The van der Waals surface area contributed by atoms with Gasteiger partial charge in [-0.05, 0) is 29.8 Å². The molecule has 0 spiro atoms. The number of hydrogen-bond donors (Lipinski definition) is 2. The molecule has 0 saturated heterocycles. The van der Waals surface area contributed by atoms with E-state index in [9.17, 15) is 0 Å². The zero-order chi connectivity index (χ0) is 19.0. The third-order valence-corrected chi connectivity index (χ3v) is 4.77. The number of aromatic nitrogens is 2. The Morgan fingerprint density at radius 2 is 1.63 bits per heavy atom. The number of nitrogens with one attached hydrogen (secondary N) is 2. The summed E-state index contributed by atoms with van der Waals surface area (Å²) in [5.74, 6) is 3.70. The number of ether oxygens (including phenoxy) is 4. The summed E-state index contributed by atoms with van der Waals surface area (Å²) in [6.45, 7) is 0. The van der Waals surface area contributed by atoms with Gasteiger partial charge in [0.25, 0.3) is 0 Å². The topological polar surface area (TPSA) is 77.6 Å². The second-order valence-corrected chi connectivity index (χ2v) is 6.16. The predicted molar refractivity (Wildman–Crippen MR) is 103 cm³/mol. The van der Waals surface area contributed by atoms with Crippen LogP contribution in [0.5, 0.6) is 23.0 Å². The van der Waals surface area contributed by atoms with Crippen LogP contribution in [0.15, 0.2) is 30.3 Å². The Bertz CT molecular complexity index is 997. The smallest absolute Gasteiger partial charge is 0.161 e. The predicted octanol–water partition coefficient (Wildman–Crippen LogP) is 3.76. The molecule has 0 saturated carbocycles. The summed E-state index contributed by atoms with van der Waals surface area (Å²) >= 11 is 0. The molecule has 1 aromatic heterocycles. The van der Waals surface area contributed by atoms with E-state index >= 15 is 0 Å². The van der Waals surface area contributed by atoms with Crippen molar-refractivity contribution in [3.63, 3.8) is 0 Å². The largest absolute Gasteiger partial charge is 0.497 e. The fraction of sp³-hybridized carbons (Fsp3) is 0.250. The number of nitrogens with zero attached hydrogens (tertiary/aromatic N) is 1. The lowest BCUT2D eigenvalue weighted by Gasteiger charge is -2.12. The summed E-state index contributed by atoms with van der Waals surface area (Å²) in [6, 6.07) is 9.58. The molecule has 0 fully saturated rings. The summed E-state index contributed by atoms with van der Waals surface area (Å²) in [6.07, 6.45) is 0.746. The zero-order valence-corrected chi connectivity index (χ0v) is 15.7. The summed E-state index contributed by atoms with van der Waals surface area (Å²) in [4.78, 5) is 0. The van der Waals surface area contributed by atoms with E-state index in [4.69, 9.17) is 18.9 Å². The number of aromatic amines is 1. The van der Waals surface area contributed by atoms with Crippen LogP contribution in [0, 0.1) is 0 Å². The molecular formula is C20H21N3O4. The third-order valence-electron chi connectivity index (χ3n) is 4.77. The van der Waals surface area contributed by atoms with Crippen molar-refractivity contribution < 1.29 is 18.9 Å². The lowest BCUT2D eigenvalue weighted by molar-refractivity contribution is 0.355. The number of anilines is 2. The van der Waals surface area contributed by atoms with Crippen LogP contribution in [0.25, 0.3) is 11.3 Å². The van der Waals surface area contributed by atoms with Crippen molar-refractivity contribution in [3.05, 3.63) is 41.5 Å². The highest BCUT2D eigenvalue weighted by Gasteiger charge is 2.27. The first-order valence-corrected chi connectivity index (χ1v) is 8.50. The van der Waals surface area contributed by atoms with Crippen LogP contribution in [-0.2, 0) is 6.42 Å². The van der Waals surface area contributed by atoms with Crippen molar-refractivity contribution in [2.24, 2.45) is 0 Å². The van der Waals surface area contributed by atoms with E-state index in [0.717, 1.165) is 51.8 Å². The molecule has 1 aliphatic rings. The molecule has 2 aromatic carbocycles. The molecule has 7 nitrogen and oxygen atoms in total. The number of benzene rings is 2. The van der Waals surface area contributed by atoms with Crippen molar-refractivity contribution in [3.8, 4) is 34.3 Å². The minimum Gasteiger partial charge on any atom is -0.497 e. The molecule has 0 bridgehead atoms. The molecule has 7 heteroatoms. The Kier molecular flexibility index (Phi) is 4.27. The van der Waals surface area contributed by atoms with Gasteiger partial charge >= 0.3 is 0 Å². The van der Waals surface area contributed by atoms with Crippen molar-refractivity contribution in [1.82, 2.24) is 10.2 Å². The molecule has 0 aliphatic heterocycles. The van der Waals surface area contributed by atoms with Crippen LogP contribution in [0.3, 0.4) is 0 Å². The molecule has 0 radical (unpaired) electrons. The molecule has 1 heterocycles. The number of H-pyrrole nitrogens is 1. The Hall–Kier alpha value is -3.35. The second kappa shape index (κ2) is 6.75. The fourth-order valence-electron chi connectivity index (χ4n) is 3.39. The van der Waals surface area contributed by atoms with E-state index in [0.29, 0.717) is 11.5 Å². The van der Waals surface area contributed by atoms with Gasteiger partial charge in [0, 0.05) is 23.6 Å². The molecule has 1 aliphatic carbocycles. The van der Waals surface area contributed by atoms with Gasteiger partial charge in [-0.3, -0.25) is 5.10 Å². The fourth-order valence-corrected chi connectivity index (χ4v) is 3.39. The molecule has 3 aromatic rings. The monoisotopic (exact) mass is 367 g/mol. The van der Waals surface area contributed by atoms with Crippen LogP contribution in [0.4, 0.5) is 11.5 Å². The number of methoxy groups -OCH3 is 4. The van der Waals surface area contributed by atoms with Crippen molar-refractivity contribution >= 4 is 11.5 Å². The van der Waals surface area contributed by atoms with E-state index in [1.54, 1.807) is 28.4 Å². The maximum Gasteiger partial charge on any atom is 0.161 e. The molecule has 140 valence electrons. The van der Waals surface area contributed by atoms with Crippen molar-refractivity contribution in [2.75, 3.05) is 33.8 Å². The Balaban J connectivity index is 1.71. The lowest BCUT2D eigenvalue weighted by atomic mass is 10.1. The van der Waals surface area contributed by atoms with Crippen LogP contribution in [-0.4, -0.2) is 38.6 Å². The zero-order valence-electron chi connectivity index (χ0n) is 15.7. The van der Waals surface area contributed by atoms with Crippen LogP contribution < -0.4 is 24.3 Å². The molecule has 27 heavy (non-hydrogen) atoms. The molecule has 0 amide bonds. The normalized spacial score (nSPS) is 11.6. The highest BCUT2D eigenvalue weighted by atomic mass is 16.5. The first-order chi connectivity index (χ1) is 13.2. The van der Waals surface area contributed by atoms with Gasteiger partial charge in [-0.2, -0.15) is 5.10 Å². The number of hydrogen-bond acceptors (Lipinski definition) is 6. The maximum atomic E-state index is 5.45. The standard InChI is InChI=1S/C20H21N3O4/c1-24-12-5-6-16(25-2)15(9-12)21-20-14-7-11-8-17(26-3)18(27-4)10-13(11)19(14)22-23-20/h5-6,8-10H,7H2,1-4H3,(H2,21,22,23). The third kappa shape index (κ3) is 2.81. The first-order valence-electron chi connectivity index (χ1n) is 8.50. The highest BCUT2D eigenvalue weighted by Crippen LogP contribution is 2.44. The Morgan fingerprint density at radius 3 is 2.33 bits per heavy atom. The van der Waals surface area contributed by atoms with E-state index in [1.165, 1.54) is 0 Å². The highest BCUT2D eigenvalue weighted by molar-refractivity contribution is 5.82. The average Bonchev–Trinajstić information content (AvgIpc) is 3.26. The van der Waals surface area contributed by atoms with E-state index in [-0.39, 0.29) is 0 Å². The summed E-state index contributed by atoms with van der Waals surface area (Å²) in [5, 5.41) is 11.0. The first kappa shape index (κ1) is 17.1. The van der Waals surface area contributed by atoms with Gasteiger partial charge in [0.1, 0.15) is 17.3 Å². The summed E-state index contributed by atoms with van der Waals surface area (Å²) < 4.78 is 21.6. The molecule has 2 N–H and O–H groups in total. The quantitative estimate of drug-likeness (QED) is 0.540. The molecule has 0 atom stereocenters. The summed E-state index contributed by atoms with van der Waals surface area (Å²) in [5.41, 5.74) is 5.00. The molecule has 4 rings (SSSR count). The van der Waals surface area contributed by atoms with Gasteiger partial charge < -0.3 is 24.3 Å². The number of rotatable bonds is 6. The van der Waals surface area contributed by atoms with E-state index in [1.807, 2.05) is 30.3 Å². The minimum atomic E-state index is 0.691. The maximum absolute atomic E-state index is 5.45. The van der Waals surface area contributed by atoms with Gasteiger partial charge in [0.05, 0.1) is 39.8 Å². The Labute approximate surface area is 157 Å². The van der Waals surface area contributed by atoms with Gasteiger partial charge in [0.15, 0.2) is 11.5 Å². The molecule has 0 unspecified atom stereocenters. The van der Waals surface area contributed by atoms with Gasteiger partial charge in [0.2, 0.25) is 0 Å². The van der Waals surface area contributed by atoms with Crippen molar-refractivity contribution in [2.45, 2.75) is 6.42 Å². The SMILES string of the molecule is COc1ccc(OC)c(Nc2[nH]nc3c2Cc2cc(OC)c(OC)cc2-3)c1. The molecular weight excluding hydrogens is 346 g/mol. The lowest BCUT2D eigenvalue weighted by Crippen LogP contribution is -1.98. The van der Waals surface area contributed by atoms with Crippen LogP contribution in [0.2, 0.25) is 0 Å². The minimum absolute atomic E-state index is 0.691.